The minimum atomic E-state index is -1.73. The Balaban J connectivity index is 0.00000208. The van der Waals surface area contributed by atoms with Crippen LogP contribution in [0.3, 0.4) is 0 Å². The monoisotopic (exact) mass is 335 g/mol. The average Bonchev–Trinajstić information content (AvgIpc) is 2.73. The van der Waals surface area contributed by atoms with Gasteiger partial charge in [0.1, 0.15) is 18.3 Å². The molecule has 0 saturated carbocycles. The number of ether oxygens (including phenoxy) is 1. The number of aromatic nitrogens is 1. The summed E-state index contributed by atoms with van der Waals surface area (Å²) >= 11 is 0. The van der Waals surface area contributed by atoms with Gasteiger partial charge in [-0.1, -0.05) is 6.07 Å². The maximum absolute atomic E-state index is 12.8. The fourth-order valence-electron chi connectivity index (χ4n) is 2.76. The Kier molecular flexibility index (Phi) is 5.32. The molecule has 0 N–H and O–H groups in total. The summed E-state index contributed by atoms with van der Waals surface area (Å²) in [6, 6.07) is 6.97. The molecular formula is C17H14NNaO5. The fraction of sp³-hybridized carbons (Fsp3) is 0.235. The molecule has 0 aliphatic carbocycles. The molecule has 118 valence electrons. The molecule has 2 heterocycles. The molecule has 0 spiro atoms. The van der Waals surface area contributed by atoms with Crippen molar-refractivity contribution in [2.45, 2.75) is 20.0 Å². The van der Waals surface area contributed by atoms with E-state index in [2.05, 4.69) is 0 Å². The smallest absolute Gasteiger partial charge is 0.542 e. The molecule has 1 aliphatic heterocycles. The van der Waals surface area contributed by atoms with Crippen LogP contribution in [-0.2, 0) is 29.7 Å². The van der Waals surface area contributed by atoms with Gasteiger partial charge in [0.25, 0.3) is 0 Å². The van der Waals surface area contributed by atoms with Crippen molar-refractivity contribution in [3.63, 3.8) is 0 Å². The van der Waals surface area contributed by atoms with Gasteiger partial charge < -0.3 is 19.2 Å². The van der Waals surface area contributed by atoms with E-state index in [1.807, 2.05) is 13.0 Å². The summed E-state index contributed by atoms with van der Waals surface area (Å²) < 4.78 is 7.25. The number of Topliss-reactive ketones (excluding diaryl/α,β-unsaturated/α-hetero) is 1. The number of ketones is 2. The van der Waals surface area contributed by atoms with Crippen LogP contribution in [0.4, 0.5) is 0 Å². The molecule has 1 aromatic heterocycles. The van der Waals surface area contributed by atoms with Gasteiger partial charge >= 0.3 is 29.6 Å². The Morgan fingerprint density at radius 3 is 2.67 bits per heavy atom. The van der Waals surface area contributed by atoms with Crippen LogP contribution in [0.25, 0.3) is 0 Å². The molecule has 3 rings (SSSR count). The second-order valence-corrected chi connectivity index (χ2v) is 5.57. The van der Waals surface area contributed by atoms with Crippen molar-refractivity contribution in [2.24, 2.45) is 7.05 Å². The molecule has 0 bridgehead atoms. The molecule has 1 aromatic carbocycles. The zero-order valence-corrected chi connectivity index (χ0v) is 15.7. The first-order chi connectivity index (χ1) is 10.9. The molecule has 0 unspecified atom stereocenters. The molecule has 0 atom stereocenters. The molecule has 0 saturated heterocycles. The summed E-state index contributed by atoms with van der Waals surface area (Å²) in [6.07, 6.45) is -0.320. The summed E-state index contributed by atoms with van der Waals surface area (Å²) in [5, 5.41) is 10.6. The van der Waals surface area contributed by atoms with E-state index in [4.69, 9.17) is 4.74 Å². The van der Waals surface area contributed by atoms with Crippen LogP contribution >= 0.6 is 0 Å². The SMILES string of the molecule is Cc1ccc2c(c1)OCc1cc(CC(=O)C(=O)[O-])n(C)c1C2=O.[Na+]. The Morgan fingerprint density at radius 1 is 1.29 bits per heavy atom. The second-order valence-electron chi connectivity index (χ2n) is 5.57. The number of hydrogen-bond donors (Lipinski definition) is 0. The van der Waals surface area contributed by atoms with E-state index in [1.165, 1.54) is 0 Å². The van der Waals surface area contributed by atoms with Crippen molar-refractivity contribution in [1.29, 1.82) is 0 Å². The summed E-state index contributed by atoms with van der Waals surface area (Å²) in [5.41, 5.74) is 2.93. The Morgan fingerprint density at radius 2 is 2.00 bits per heavy atom. The van der Waals surface area contributed by atoms with E-state index >= 15 is 0 Å². The molecule has 7 heteroatoms. The second kappa shape index (κ2) is 6.93. The number of carbonyl (C=O) groups excluding carboxylic acids is 3. The number of fused-ring (bicyclic) bond motifs is 2. The van der Waals surface area contributed by atoms with Gasteiger partial charge in [-0.3, -0.25) is 9.59 Å². The quantitative estimate of drug-likeness (QED) is 0.451. The van der Waals surface area contributed by atoms with Gasteiger partial charge in [-0.05, 0) is 30.7 Å². The third-order valence-corrected chi connectivity index (χ3v) is 3.96. The Bertz CT molecular complexity index is 853. The van der Waals surface area contributed by atoms with Gasteiger partial charge in [-0.2, -0.15) is 0 Å². The van der Waals surface area contributed by atoms with Gasteiger partial charge in [0.05, 0.1) is 17.7 Å². The molecule has 0 fully saturated rings. The Labute approximate surface area is 160 Å². The molecule has 0 amide bonds. The first-order valence-corrected chi connectivity index (χ1v) is 7.08. The van der Waals surface area contributed by atoms with Crippen molar-refractivity contribution in [2.75, 3.05) is 0 Å². The van der Waals surface area contributed by atoms with Crippen LogP contribution in [0.1, 0.15) is 32.9 Å². The number of carboxylic acids is 1. The fourth-order valence-corrected chi connectivity index (χ4v) is 2.76. The van der Waals surface area contributed by atoms with Gasteiger partial charge in [0, 0.05) is 18.3 Å². The topological polar surface area (TPSA) is 88.4 Å². The van der Waals surface area contributed by atoms with Crippen molar-refractivity contribution in [1.82, 2.24) is 4.57 Å². The van der Waals surface area contributed by atoms with Crippen LogP contribution in [0, 0.1) is 6.92 Å². The summed E-state index contributed by atoms with van der Waals surface area (Å²) in [6.45, 7) is 2.10. The van der Waals surface area contributed by atoms with E-state index in [9.17, 15) is 19.5 Å². The number of benzene rings is 1. The van der Waals surface area contributed by atoms with Crippen molar-refractivity contribution in [3.8, 4) is 5.75 Å². The minimum Gasteiger partial charge on any atom is -0.542 e. The molecule has 2 aromatic rings. The number of aliphatic carboxylic acids is 1. The predicted molar refractivity (Wildman–Crippen MR) is 78.1 cm³/mol. The van der Waals surface area contributed by atoms with Gasteiger partial charge in [0.2, 0.25) is 5.78 Å². The maximum Gasteiger partial charge on any atom is 1.00 e. The Hall–Kier alpha value is -1.89. The van der Waals surface area contributed by atoms with E-state index in [1.54, 1.807) is 29.8 Å². The summed E-state index contributed by atoms with van der Waals surface area (Å²) in [7, 11) is 1.63. The zero-order chi connectivity index (χ0) is 16.7. The van der Waals surface area contributed by atoms with Crippen LogP contribution in [-0.4, -0.2) is 22.1 Å². The molecule has 6 nitrogen and oxygen atoms in total. The van der Waals surface area contributed by atoms with Crippen molar-refractivity contribution >= 4 is 17.5 Å². The molecule has 24 heavy (non-hydrogen) atoms. The van der Waals surface area contributed by atoms with Crippen LogP contribution < -0.4 is 39.4 Å². The number of hydrogen-bond acceptors (Lipinski definition) is 5. The summed E-state index contributed by atoms with van der Waals surface area (Å²) in [4.78, 5) is 34.8. The number of aryl methyl sites for hydroxylation is 1. The maximum atomic E-state index is 12.8. The number of carbonyl (C=O) groups is 3. The molecule has 1 aliphatic rings. The largest absolute Gasteiger partial charge is 1.00 e. The first kappa shape index (κ1) is 18.4. The van der Waals surface area contributed by atoms with E-state index in [0.717, 1.165) is 5.56 Å². The van der Waals surface area contributed by atoms with Crippen LogP contribution in [0.15, 0.2) is 24.3 Å². The van der Waals surface area contributed by atoms with Gasteiger partial charge in [-0.25, -0.2) is 0 Å². The number of carboxylic acid groups (broad SMARTS) is 1. The van der Waals surface area contributed by atoms with Crippen LogP contribution in [0.2, 0.25) is 0 Å². The van der Waals surface area contributed by atoms with Gasteiger partial charge in [0.15, 0.2) is 5.78 Å². The average molecular weight is 335 g/mol. The van der Waals surface area contributed by atoms with Crippen molar-refractivity contribution < 1.29 is 53.8 Å². The van der Waals surface area contributed by atoms with Crippen LogP contribution in [0.5, 0.6) is 5.75 Å². The third kappa shape index (κ3) is 3.17. The van der Waals surface area contributed by atoms with E-state index < -0.39 is 11.8 Å². The predicted octanol–water partition coefficient (Wildman–Crippen LogP) is -2.68. The van der Waals surface area contributed by atoms with Crippen molar-refractivity contribution in [3.05, 3.63) is 52.3 Å². The standard InChI is InChI=1S/C17H15NO5.Na/c1-9-3-4-12-14(5-9)23-8-10-6-11(7-13(19)17(21)22)18(2)15(10)16(12)20;/h3-6H,7-8H2,1-2H3,(H,21,22);/q;+1/p-1. The number of rotatable bonds is 3. The van der Waals surface area contributed by atoms with E-state index in [-0.39, 0.29) is 48.4 Å². The molecule has 0 radical (unpaired) electrons. The van der Waals surface area contributed by atoms with E-state index in [0.29, 0.717) is 28.3 Å². The van der Waals surface area contributed by atoms with Gasteiger partial charge in [-0.15, -0.1) is 0 Å². The summed E-state index contributed by atoms with van der Waals surface area (Å²) in [5.74, 6) is -2.43. The minimum absolute atomic E-state index is 0. The number of nitrogens with zero attached hydrogens (tertiary/aromatic N) is 1. The molecular weight excluding hydrogens is 321 g/mol. The zero-order valence-electron chi connectivity index (χ0n) is 13.7. The normalized spacial score (nSPS) is 12.3. The first-order valence-electron chi connectivity index (χ1n) is 7.08. The third-order valence-electron chi connectivity index (χ3n) is 3.96.